The summed E-state index contributed by atoms with van der Waals surface area (Å²) < 4.78 is 13.9. The molecule has 1 atom stereocenters. The van der Waals surface area contributed by atoms with Crippen molar-refractivity contribution < 1.29 is 18.8 Å². The maximum absolute atomic E-state index is 13.9. The highest BCUT2D eigenvalue weighted by atomic mass is 19.1. The minimum atomic E-state index is -0.332. The number of benzene rings is 1. The van der Waals surface area contributed by atoms with Crippen molar-refractivity contribution >= 4 is 17.7 Å². The monoisotopic (exact) mass is 472 g/mol. The van der Waals surface area contributed by atoms with Gasteiger partial charge in [-0.15, -0.1) is 0 Å². The van der Waals surface area contributed by atoms with E-state index in [9.17, 15) is 18.8 Å². The normalized spacial score (nSPS) is 23.1. The average molecular weight is 473 g/mol. The van der Waals surface area contributed by atoms with Gasteiger partial charge in [0.25, 0.3) is 0 Å². The Morgan fingerprint density at radius 2 is 1.59 bits per heavy atom. The van der Waals surface area contributed by atoms with E-state index < -0.39 is 0 Å². The van der Waals surface area contributed by atoms with Gasteiger partial charge in [-0.3, -0.25) is 19.3 Å². The van der Waals surface area contributed by atoms with Crippen LogP contribution in [0.5, 0.6) is 0 Å². The van der Waals surface area contributed by atoms with Gasteiger partial charge in [-0.1, -0.05) is 18.2 Å². The van der Waals surface area contributed by atoms with E-state index >= 15 is 0 Å². The third kappa shape index (κ3) is 5.95. The van der Waals surface area contributed by atoms with Crippen LogP contribution in [-0.4, -0.2) is 77.7 Å². The summed E-state index contributed by atoms with van der Waals surface area (Å²) in [6.45, 7) is 4.00. The highest BCUT2D eigenvalue weighted by Gasteiger charge is 2.36. The van der Waals surface area contributed by atoms with Crippen molar-refractivity contribution in [1.29, 1.82) is 0 Å². The lowest BCUT2D eigenvalue weighted by Gasteiger charge is -2.44. The molecule has 186 valence electrons. The van der Waals surface area contributed by atoms with Crippen molar-refractivity contribution in [2.75, 3.05) is 39.3 Å². The largest absolute Gasteiger partial charge is 0.369 e. The molecule has 0 spiro atoms. The highest BCUT2D eigenvalue weighted by Crippen LogP contribution is 2.31. The molecule has 2 N–H and O–H groups in total. The predicted molar refractivity (Wildman–Crippen MR) is 127 cm³/mol. The maximum atomic E-state index is 13.9. The first kappa shape index (κ1) is 24.6. The van der Waals surface area contributed by atoms with Gasteiger partial charge < -0.3 is 15.5 Å². The molecule has 0 bridgehead atoms. The molecule has 0 aromatic heterocycles. The molecule has 4 rings (SSSR count). The Balaban J connectivity index is 1.28. The number of halogens is 1. The predicted octanol–water partition coefficient (Wildman–Crippen LogP) is 2.19. The standard InChI is InChI=1S/C26H37FN4O3/c27-22-6-2-1-5-21(22)17-24(32)30-15-10-19(11-16-30)23-7-3-4-12-31(23)25(33)18-29-13-8-20(9-14-29)26(28)34/h1-2,5-6,19-20,23H,3-4,7-18H2,(H2,28,34)/t23-/m0/s1. The number of likely N-dealkylation sites (tertiary alicyclic amines) is 3. The molecule has 34 heavy (non-hydrogen) atoms. The Kier molecular flexibility index (Phi) is 8.19. The van der Waals surface area contributed by atoms with Crippen molar-refractivity contribution in [1.82, 2.24) is 14.7 Å². The smallest absolute Gasteiger partial charge is 0.237 e. The van der Waals surface area contributed by atoms with E-state index in [1.807, 2.05) is 4.90 Å². The summed E-state index contributed by atoms with van der Waals surface area (Å²) in [6, 6.07) is 6.68. The summed E-state index contributed by atoms with van der Waals surface area (Å²) in [5, 5.41) is 0. The minimum absolute atomic E-state index is 0.0282. The number of carbonyl (C=O) groups is 3. The summed E-state index contributed by atoms with van der Waals surface area (Å²) in [5.41, 5.74) is 5.87. The number of piperidine rings is 3. The Morgan fingerprint density at radius 3 is 2.26 bits per heavy atom. The molecule has 7 nitrogen and oxygen atoms in total. The molecular weight excluding hydrogens is 435 g/mol. The second-order valence-corrected chi connectivity index (χ2v) is 10.1. The summed E-state index contributed by atoms with van der Waals surface area (Å²) in [6.07, 6.45) is 6.48. The fourth-order valence-corrected chi connectivity index (χ4v) is 5.86. The fraction of sp³-hybridized carbons (Fsp3) is 0.654. The van der Waals surface area contributed by atoms with Crippen molar-refractivity contribution in [3.63, 3.8) is 0 Å². The summed E-state index contributed by atoms with van der Waals surface area (Å²) in [7, 11) is 0. The zero-order valence-electron chi connectivity index (χ0n) is 20.0. The lowest BCUT2D eigenvalue weighted by Crippen LogP contribution is -2.53. The molecule has 3 aliphatic heterocycles. The fourth-order valence-electron chi connectivity index (χ4n) is 5.86. The van der Waals surface area contributed by atoms with Gasteiger partial charge in [-0.2, -0.15) is 0 Å². The van der Waals surface area contributed by atoms with Crippen LogP contribution in [-0.2, 0) is 20.8 Å². The second kappa shape index (κ2) is 11.3. The zero-order valence-corrected chi connectivity index (χ0v) is 20.0. The van der Waals surface area contributed by atoms with E-state index in [0.29, 0.717) is 31.1 Å². The molecule has 0 aliphatic carbocycles. The van der Waals surface area contributed by atoms with Crippen LogP contribution in [0.2, 0.25) is 0 Å². The van der Waals surface area contributed by atoms with Crippen LogP contribution in [0.15, 0.2) is 24.3 Å². The van der Waals surface area contributed by atoms with Gasteiger partial charge in [0, 0.05) is 31.6 Å². The van der Waals surface area contributed by atoms with Gasteiger partial charge in [-0.05, 0) is 75.6 Å². The van der Waals surface area contributed by atoms with Crippen LogP contribution in [0.4, 0.5) is 4.39 Å². The molecular formula is C26H37FN4O3. The molecule has 8 heteroatoms. The maximum Gasteiger partial charge on any atom is 0.237 e. The first-order valence-corrected chi connectivity index (χ1v) is 12.7. The van der Waals surface area contributed by atoms with E-state index in [1.165, 1.54) is 6.07 Å². The first-order valence-electron chi connectivity index (χ1n) is 12.7. The van der Waals surface area contributed by atoms with Crippen LogP contribution < -0.4 is 5.73 Å². The summed E-state index contributed by atoms with van der Waals surface area (Å²) >= 11 is 0. The number of nitrogens with zero attached hydrogens (tertiary/aromatic N) is 3. The molecule has 3 aliphatic rings. The quantitative estimate of drug-likeness (QED) is 0.688. The summed E-state index contributed by atoms with van der Waals surface area (Å²) in [4.78, 5) is 43.5. The Labute approximate surface area is 201 Å². The van der Waals surface area contributed by atoms with Crippen LogP contribution in [0.3, 0.4) is 0 Å². The SMILES string of the molecule is NC(=O)C1CCN(CC(=O)N2CCCC[C@H]2C2CCN(C(=O)Cc3ccccc3F)CC2)CC1. The van der Waals surface area contributed by atoms with E-state index in [-0.39, 0.29) is 41.9 Å². The third-order valence-electron chi connectivity index (χ3n) is 7.95. The van der Waals surface area contributed by atoms with Crippen molar-refractivity contribution in [3.05, 3.63) is 35.6 Å². The van der Waals surface area contributed by atoms with Gasteiger partial charge >= 0.3 is 0 Å². The van der Waals surface area contributed by atoms with Crippen LogP contribution in [0, 0.1) is 17.7 Å². The number of nitrogens with two attached hydrogens (primary N) is 1. The molecule has 0 radical (unpaired) electrons. The number of amides is 3. The van der Waals surface area contributed by atoms with Crippen molar-refractivity contribution in [2.45, 2.75) is 57.4 Å². The Morgan fingerprint density at radius 1 is 0.882 bits per heavy atom. The molecule has 0 unspecified atom stereocenters. The van der Waals surface area contributed by atoms with Gasteiger partial charge in [0.15, 0.2) is 0 Å². The van der Waals surface area contributed by atoms with Gasteiger partial charge in [-0.25, -0.2) is 4.39 Å². The molecule has 3 saturated heterocycles. The topological polar surface area (TPSA) is 86.9 Å². The van der Waals surface area contributed by atoms with Gasteiger partial charge in [0.05, 0.1) is 13.0 Å². The highest BCUT2D eigenvalue weighted by molar-refractivity contribution is 5.80. The number of primary amides is 1. The molecule has 0 saturated carbocycles. The molecule has 1 aromatic carbocycles. The molecule has 3 fully saturated rings. The van der Waals surface area contributed by atoms with E-state index in [2.05, 4.69) is 9.80 Å². The first-order chi connectivity index (χ1) is 16.4. The number of carbonyl (C=O) groups excluding carboxylic acids is 3. The molecule has 1 aromatic rings. The minimum Gasteiger partial charge on any atom is -0.369 e. The Bertz CT molecular complexity index is 879. The number of hydrogen-bond acceptors (Lipinski definition) is 4. The summed E-state index contributed by atoms with van der Waals surface area (Å²) in [5.74, 6) is -0.0933. The van der Waals surface area contributed by atoms with Crippen LogP contribution >= 0.6 is 0 Å². The van der Waals surface area contributed by atoms with E-state index in [4.69, 9.17) is 5.73 Å². The number of rotatable bonds is 6. The van der Waals surface area contributed by atoms with Crippen molar-refractivity contribution in [2.24, 2.45) is 17.6 Å². The number of hydrogen-bond donors (Lipinski definition) is 1. The van der Waals surface area contributed by atoms with E-state index in [0.717, 1.165) is 64.6 Å². The Hall–Kier alpha value is -2.48. The molecule has 3 heterocycles. The van der Waals surface area contributed by atoms with Gasteiger partial charge in [0.2, 0.25) is 17.7 Å². The third-order valence-corrected chi connectivity index (χ3v) is 7.95. The average Bonchev–Trinajstić information content (AvgIpc) is 2.86. The lowest BCUT2D eigenvalue weighted by atomic mass is 9.83. The van der Waals surface area contributed by atoms with Crippen LogP contribution in [0.1, 0.15) is 50.5 Å². The molecule has 3 amide bonds. The van der Waals surface area contributed by atoms with E-state index in [1.54, 1.807) is 18.2 Å². The second-order valence-electron chi connectivity index (χ2n) is 10.1. The lowest BCUT2D eigenvalue weighted by molar-refractivity contribution is -0.140. The zero-order chi connectivity index (χ0) is 24.1. The van der Waals surface area contributed by atoms with Gasteiger partial charge in [0.1, 0.15) is 5.82 Å². The van der Waals surface area contributed by atoms with Crippen molar-refractivity contribution in [3.8, 4) is 0 Å². The van der Waals surface area contributed by atoms with Crippen LogP contribution in [0.25, 0.3) is 0 Å².